The van der Waals surface area contributed by atoms with Crippen LogP contribution in [-0.2, 0) is 4.74 Å². The van der Waals surface area contributed by atoms with Crippen molar-refractivity contribution < 1.29 is 4.74 Å². The van der Waals surface area contributed by atoms with Crippen molar-refractivity contribution >= 4 is 44.9 Å². The van der Waals surface area contributed by atoms with Gasteiger partial charge in [0.2, 0.25) is 0 Å². The van der Waals surface area contributed by atoms with Crippen LogP contribution in [0.4, 0.5) is 11.4 Å². The predicted molar refractivity (Wildman–Crippen MR) is 134 cm³/mol. The molecule has 0 bridgehead atoms. The normalized spacial score (nSPS) is 19.3. The first-order valence-electron chi connectivity index (χ1n) is 11.6. The van der Waals surface area contributed by atoms with Crippen LogP contribution in [-0.4, -0.2) is 60.4 Å². The molecule has 2 saturated heterocycles. The molecule has 4 aromatic rings. The van der Waals surface area contributed by atoms with Crippen molar-refractivity contribution in [2.45, 2.75) is 18.9 Å². The van der Waals surface area contributed by atoms with Gasteiger partial charge >= 0.3 is 0 Å². The van der Waals surface area contributed by atoms with Gasteiger partial charge in [-0.15, -0.1) is 0 Å². The van der Waals surface area contributed by atoms with Gasteiger partial charge in [0, 0.05) is 48.0 Å². The number of pyridine rings is 1. The van der Waals surface area contributed by atoms with Crippen molar-refractivity contribution in [3.63, 3.8) is 0 Å². The Morgan fingerprint density at radius 2 is 1.97 bits per heavy atom. The average molecular weight is 463 g/mol. The van der Waals surface area contributed by atoms with E-state index in [4.69, 9.17) is 26.3 Å². The molecule has 7 nitrogen and oxygen atoms in total. The number of piperidine rings is 1. The van der Waals surface area contributed by atoms with Crippen molar-refractivity contribution in [3.05, 3.63) is 47.6 Å². The zero-order valence-corrected chi connectivity index (χ0v) is 19.2. The molecule has 0 spiro atoms. The van der Waals surface area contributed by atoms with Gasteiger partial charge in [0.1, 0.15) is 5.82 Å². The van der Waals surface area contributed by atoms with Gasteiger partial charge in [-0.3, -0.25) is 4.98 Å². The molecule has 3 N–H and O–H groups in total. The van der Waals surface area contributed by atoms with Crippen LogP contribution in [0.5, 0.6) is 0 Å². The van der Waals surface area contributed by atoms with Crippen molar-refractivity contribution in [1.82, 2.24) is 20.3 Å². The Kier molecular flexibility index (Phi) is 5.54. The van der Waals surface area contributed by atoms with Gasteiger partial charge in [-0.05, 0) is 55.8 Å². The zero-order valence-electron chi connectivity index (χ0n) is 18.4. The fourth-order valence-electron chi connectivity index (χ4n) is 4.82. The minimum absolute atomic E-state index is 0.347. The highest BCUT2D eigenvalue weighted by Crippen LogP contribution is 2.36. The third-order valence-electron chi connectivity index (χ3n) is 6.57. The van der Waals surface area contributed by atoms with Crippen LogP contribution in [0.1, 0.15) is 12.8 Å². The van der Waals surface area contributed by atoms with Gasteiger partial charge < -0.3 is 25.3 Å². The number of aromatic amines is 1. The number of imidazole rings is 1. The van der Waals surface area contributed by atoms with Crippen LogP contribution < -0.4 is 15.5 Å². The molecule has 6 rings (SSSR count). The number of fused-ring (bicyclic) bond motifs is 2. The van der Waals surface area contributed by atoms with E-state index in [1.807, 2.05) is 24.4 Å². The lowest BCUT2D eigenvalue weighted by Crippen LogP contribution is -2.38. The molecular weight excluding hydrogens is 436 g/mol. The van der Waals surface area contributed by atoms with Gasteiger partial charge in [0.25, 0.3) is 0 Å². The van der Waals surface area contributed by atoms with Crippen molar-refractivity contribution in [2.75, 3.05) is 49.6 Å². The Balaban J connectivity index is 1.43. The molecule has 0 amide bonds. The number of H-pyrrole nitrogens is 1. The summed E-state index contributed by atoms with van der Waals surface area (Å²) in [6, 6.07) is 12.6. The number of anilines is 2. The SMILES string of the molecule is Clc1ccc2ncc(-c3nc4ccc(N5CCOCC5)cc4[nH]3)c(NC3CCCNC3)c2c1. The summed E-state index contributed by atoms with van der Waals surface area (Å²) in [5.41, 5.74) is 6.06. The molecule has 8 heteroatoms. The van der Waals surface area contributed by atoms with E-state index in [0.717, 1.165) is 91.2 Å². The summed E-state index contributed by atoms with van der Waals surface area (Å²) >= 11 is 6.38. The minimum atomic E-state index is 0.347. The molecule has 2 aromatic heterocycles. The number of aromatic nitrogens is 3. The molecule has 1 atom stereocenters. The van der Waals surface area contributed by atoms with Gasteiger partial charge in [0.05, 0.1) is 41.0 Å². The second-order valence-electron chi connectivity index (χ2n) is 8.78. The maximum absolute atomic E-state index is 6.38. The molecule has 2 aliphatic rings. The number of halogens is 1. The lowest BCUT2D eigenvalue weighted by Gasteiger charge is -2.28. The van der Waals surface area contributed by atoms with E-state index >= 15 is 0 Å². The monoisotopic (exact) mass is 462 g/mol. The Bertz CT molecular complexity index is 1290. The van der Waals surface area contributed by atoms with Crippen LogP contribution in [0, 0.1) is 0 Å². The largest absolute Gasteiger partial charge is 0.380 e. The van der Waals surface area contributed by atoms with Crippen molar-refractivity contribution in [3.8, 4) is 11.4 Å². The molecule has 33 heavy (non-hydrogen) atoms. The number of rotatable bonds is 4. The molecule has 2 aromatic carbocycles. The molecular formula is C25H27ClN6O. The van der Waals surface area contributed by atoms with Crippen molar-refractivity contribution in [2.24, 2.45) is 0 Å². The van der Waals surface area contributed by atoms with Crippen LogP contribution in [0.25, 0.3) is 33.3 Å². The number of nitrogens with zero attached hydrogens (tertiary/aromatic N) is 3. The number of hydrogen-bond acceptors (Lipinski definition) is 6. The molecule has 0 aliphatic carbocycles. The lowest BCUT2D eigenvalue weighted by atomic mass is 10.0. The summed E-state index contributed by atoms with van der Waals surface area (Å²) in [7, 11) is 0. The van der Waals surface area contributed by atoms with Crippen molar-refractivity contribution in [1.29, 1.82) is 0 Å². The van der Waals surface area contributed by atoms with E-state index in [0.29, 0.717) is 11.1 Å². The van der Waals surface area contributed by atoms with Crippen LogP contribution >= 0.6 is 11.6 Å². The number of morpholine rings is 1. The fourth-order valence-corrected chi connectivity index (χ4v) is 4.99. The summed E-state index contributed by atoms with van der Waals surface area (Å²) in [5.74, 6) is 0.810. The second-order valence-corrected chi connectivity index (χ2v) is 9.22. The van der Waals surface area contributed by atoms with E-state index < -0.39 is 0 Å². The summed E-state index contributed by atoms with van der Waals surface area (Å²) in [4.78, 5) is 15.5. The quantitative estimate of drug-likeness (QED) is 0.416. The Labute approximate surface area is 197 Å². The maximum atomic E-state index is 6.38. The van der Waals surface area contributed by atoms with E-state index in [-0.39, 0.29) is 0 Å². The minimum Gasteiger partial charge on any atom is -0.380 e. The van der Waals surface area contributed by atoms with Crippen LogP contribution in [0.2, 0.25) is 5.02 Å². The number of hydrogen-bond donors (Lipinski definition) is 3. The van der Waals surface area contributed by atoms with Gasteiger partial charge in [-0.2, -0.15) is 0 Å². The summed E-state index contributed by atoms with van der Waals surface area (Å²) in [6.07, 6.45) is 4.20. The van der Waals surface area contributed by atoms with Gasteiger partial charge in [-0.25, -0.2) is 4.98 Å². The standard InChI is InChI=1S/C25H27ClN6O/c26-16-3-5-21-19(12-16)24(29-17-2-1-7-27-14-17)20(15-28-21)25-30-22-6-4-18(13-23(22)31-25)32-8-10-33-11-9-32/h3-6,12-13,15,17,27H,1-2,7-11,14H2,(H,28,29)(H,30,31). The number of benzene rings is 2. The van der Waals surface area contributed by atoms with Crippen LogP contribution in [0.15, 0.2) is 42.6 Å². The number of ether oxygens (including phenoxy) is 1. The zero-order chi connectivity index (χ0) is 22.2. The van der Waals surface area contributed by atoms with E-state index in [9.17, 15) is 0 Å². The first-order chi connectivity index (χ1) is 16.2. The lowest BCUT2D eigenvalue weighted by molar-refractivity contribution is 0.122. The van der Waals surface area contributed by atoms with E-state index in [1.165, 1.54) is 5.69 Å². The molecule has 0 radical (unpaired) electrons. The molecule has 2 fully saturated rings. The second kappa shape index (κ2) is 8.82. The first-order valence-corrected chi connectivity index (χ1v) is 12.0. The third kappa shape index (κ3) is 4.12. The van der Waals surface area contributed by atoms with E-state index in [2.05, 4.69) is 38.7 Å². The predicted octanol–water partition coefficient (Wildman–Crippen LogP) is 4.43. The molecule has 0 saturated carbocycles. The topological polar surface area (TPSA) is 78.1 Å². The highest BCUT2D eigenvalue weighted by atomic mass is 35.5. The maximum Gasteiger partial charge on any atom is 0.142 e. The molecule has 1 unspecified atom stereocenters. The smallest absolute Gasteiger partial charge is 0.142 e. The molecule has 2 aliphatic heterocycles. The van der Waals surface area contributed by atoms with E-state index in [1.54, 1.807) is 0 Å². The summed E-state index contributed by atoms with van der Waals surface area (Å²) in [6.45, 7) is 5.36. The summed E-state index contributed by atoms with van der Waals surface area (Å²) in [5, 5.41) is 8.99. The summed E-state index contributed by atoms with van der Waals surface area (Å²) < 4.78 is 5.50. The van der Waals surface area contributed by atoms with Gasteiger partial charge in [0.15, 0.2) is 0 Å². The highest BCUT2D eigenvalue weighted by molar-refractivity contribution is 6.31. The molecule has 170 valence electrons. The average Bonchev–Trinajstić information content (AvgIpc) is 3.29. The number of nitrogens with one attached hydrogen (secondary N) is 3. The Morgan fingerprint density at radius 1 is 1.09 bits per heavy atom. The Hall–Kier alpha value is -2.87. The third-order valence-corrected chi connectivity index (χ3v) is 6.81. The fraction of sp³-hybridized carbons (Fsp3) is 0.360. The molecule has 4 heterocycles. The van der Waals surface area contributed by atoms with Gasteiger partial charge in [-0.1, -0.05) is 11.6 Å². The van der Waals surface area contributed by atoms with Crippen LogP contribution in [0.3, 0.4) is 0 Å². The first kappa shape index (κ1) is 20.7. The Morgan fingerprint density at radius 3 is 2.82 bits per heavy atom. The highest BCUT2D eigenvalue weighted by Gasteiger charge is 2.20.